The van der Waals surface area contributed by atoms with E-state index in [2.05, 4.69) is 10.0 Å². The Bertz CT molecular complexity index is 859. The third kappa shape index (κ3) is 4.90. The van der Waals surface area contributed by atoms with Crippen molar-refractivity contribution in [1.82, 2.24) is 4.72 Å². The molecule has 0 aliphatic rings. The summed E-state index contributed by atoms with van der Waals surface area (Å²) >= 11 is 0. The maximum Gasteiger partial charge on any atom is 0.255 e. The van der Waals surface area contributed by atoms with Crippen LogP contribution in [0.3, 0.4) is 0 Å². The molecule has 0 saturated heterocycles. The van der Waals surface area contributed by atoms with Gasteiger partial charge < -0.3 is 5.32 Å². The van der Waals surface area contributed by atoms with Gasteiger partial charge in [0.2, 0.25) is 10.0 Å². The molecule has 134 valence electrons. The number of hydrogen-bond donors (Lipinski definition) is 2. The fraction of sp³-hybridized carbons (Fsp3) is 0.316. The molecule has 25 heavy (non-hydrogen) atoms. The highest BCUT2D eigenvalue weighted by molar-refractivity contribution is 7.89. The summed E-state index contributed by atoms with van der Waals surface area (Å²) in [4.78, 5) is 12.5. The van der Waals surface area contributed by atoms with E-state index < -0.39 is 10.0 Å². The van der Waals surface area contributed by atoms with Crippen LogP contribution in [0.2, 0.25) is 0 Å². The van der Waals surface area contributed by atoms with Crippen molar-refractivity contribution in [2.75, 3.05) is 5.32 Å². The largest absolute Gasteiger partial charge is 0.322 e. The predicted octanol–water partition coefficient (Wildman–Crippen LogP) is 3.63. The van der Waals surface area contributed by atoms with Crippen LogP contribution in [-0.2, 0) is 10.0 Å². The van der Waals surface area contributed by atoms with Crippen molar-refractivity contribution >= 4 is 21.6 Å². The van der Waals surface area contributed by atoms with Crippen molar-refractivity contribution in [2.45, 2.75) is 45.1 Å². The van der Waals surface area contributed by atoms with Gasteiger partial charge in [0, 0.05) is 17.3 Å². The van der Waals surface area contributed by atoms with Gasteiger partial charge in [0.15, 0.2) is 0 Å². The number of aryl methyl sites for hydroxylation is 2. The van der Waals surface area contributed by atoms with Gasteiger partial charge >= 0.3 is 0 Å². The Hall–Kier alpha value is -2.18. The standard InChI is InChI=1S/C19H24N2O3S/c1-5-15(4)21-25(23,24)17-9-7-16(8-10-17)19(22)20-18-11-6-13(2)12-14(18)3/h6-12,15,21H,5H2,1-4H3,(H,20,22)/t15-/m0/s1. The molecule has 0 aliphatic carbocycles. The zero-order valence-electron chi connectivity index (χ0n) is 15.0. The molecular weight excluding hydrogens is 336 g/mol. The summed E-state index contributed by atoms with van der Waals surface area (Å²) in [7, 11) is -3.57. The quantitative estimate of drug-likeness (QED) is 0.826. The monoisotopic (exact) mass is 360 g/mol. The summed E-state index contributed by atoms with van der Waals surface area (Å²) in [5.41, 5.74) is 3.25. The van der Waals surface area contributed by atoms with E-state index in [-0.39, 0.29) is 16.8 Å². The van der Waals surface area contributed by atoms with Crippen LogP contribution in [0.1, 0.15) is 41.8 Å². The fourth-order valence-electron chi connectivity index (χ4n) is 2.35. The minimum absolute atomic E-state index is 0.141. The van der Waals surface area contributed by atoms with Crippen LogP contribution >= 0.6 is 0 Å². The second-order valence-corrected chi connectivity index (χ2v) is 7.94. The third-order valence-electron chi connectivity index (χ3n) is 4.03. The van der Waals surface area contributed by atoms with Gasteiger partial charge in [-0.05, 0) is 63.1 Å². The number of anilines is 1. The molecule has 0 spiro atoms. The second-order valence-electron chi connectivity index (χ2n) is 6.23. The molecule has 6 heteroatoms. The minimum atomic E-state index is -3.57. The van der Waals surface area contributed by atoms with Gasteiger partial charge in [-0.2, -0.15) is 0 Å². The predicted molar refractivity (Wildman–Crippen MR) is 100 cm³/mol. The van der Waals surface area contributed by atoms with Crippen molar-refractivity contribution in [3.05, 3.63) is 59.2 Å². The molecule has 0 unspecified atom stereocenters. The van der Waals surface area contributed by atoms with Gasteiger partial charge in [0.05, 0.1) is 4.90 Å². The van der Waals surface area contributed by atoms with Crippen molar-refractivity contribution < 1.29 is 13.2 Å². The molecule has 0 aromatic heterocycles. The van der Waals surface area contributed by atoms with Crippen LogP contribution in [0.4, 0.5) is 5.69 Å². The maximum absolute atomic E-state index is 12.4. The Labute approximate surface area is 149 Å². The van der Waals surface area contributed by atoms with E-state index in [1.807, 2.05) is 45.9 Å². The summed E-state index contributed by atoms with van der Waals surface area (Å²) in [5, 5.41) is 2.85. The number of carbonyl (C=O) groups excluding carboxylic acids is 1. The minimum Gasteiger partial charge on any atom is -0.322 e. The number of nitrogens with one attached hydrogen (secondary N) is 2. The van der Waals surface area contributed by atoms with E-state index >= 15 is 0 Å². The van der Waals surface area contributed by atoms with Crippen molar-refractivity contribution in [3.63, 3.8) is 0 Å². The smallest absolute Gasteiger partial charge is 0.255 e. The summed E-state index contributed by atoms with van der Waals surface area (Å²) < 4.78 is 27.1. The Balaban J connectivity index is 2.15. The van der Waals surface area contributed by atoms with E-state index in [0.29, 0.717) is 12.0 Å². The molecule has 5 nitrogen and oxygen atoms in total. The molecule has 0 heterocycles. The van der Waals surface area contributed by atoms with Gasteiger partial charge in [-0.1, -0.05) is 24.6 Å². The van der Waals surface area contributed by atoms with E-state index in [0.717, 1.165) is 16.8 Å². The first kappa shape index (κ1) is 19.1. The molecule has 0 saturated carbocycles. The molecular formula is C19H24N2O3S. The summed E-state index contributed by atoms with van der Waals surface area (Å²) in [5.74, 6) is -0.272. The molecule has 2 rings (SSSR count). The van der Waals surface area contributed by atoms with E-state index in [9.17, 15) is 13.2 Å². The Morgan fingerprint density at radius 1 is 1.08 bits per heavy atom. The van der Waals surface area contributed by atoms with E-state index in [1.54, 1.807) is 0 Å². The van der Waals surface area contributed by atoms with Crippen LogP contribution in [0, 0.1) is 13.8 Å². The van der Waals surface area contributed by atoms with Crippen molar-refractivity contribution in [3.8, 4) is 0 Å². The lowest BCUT2D eigenvalue weighted by molar-refractivity contribution is 0.102. The number of benzene rings is 2. The topological polar surface area (TPSA) is 75.3 Å². The molecule has 2 N–H and O–H groups in total. The first-order valence-electron chi connectivity index (χ1n) is 8.24. The highest BCUT2D eigenvalue weighted by Crippen LogP contribution is 2.18. The normalized spacial score (nSPS) is 12.6. The SMILES string of the molecule is CC[C@H](C)NS(=O)(=O)c1ccc(C(=O)Nc2ccc(C)cc2C)cc1. The Morgan fingerprint density at radius 2 is 1.72 bits per heavy atom. The fourth-order valence-corrected chi connectivity index (χ4v) is 3.68. The lowest BCUT2D eigenvalue weighted by Crippen LogP contribution is -2.32. The molecule has 0 radical (unpaired) electrons. The van der Waals surface area contributed by atoms with Crippen LogP contribution in [0.15, 0.2) is 47.4 Å². The van der Waals surface area contributed by atoms with Gasteiger partial charge in [-0.3, -0.25) is 4.79 Å². The van der Waals surface area contributed by atoms with Crippen molar-refractivity contribution in [1.29, 1.82) is 0 Å². The molecule has 2 aromatic rings. The molecule has 0 aliphatic heterocycles. The lowest BCUT2D eigenvalue weighted by atomic mass is 10.1. The number of rotatable bonds is 6. The van der Waals surface area contributed by atoms with Gasteiger partial charge in [0.1, 0.15) is 0 Å². The number of amides is 1. The lowest BCUT2D eigenvalue weighted by Gasteiger charge is -2.13. The highest BCUT2D eigenvalue weighted by atomic mass is 32.2. The number of carbonyl (C=O) groups is 1. The zero-order chi connectivity index (χ0) is 18.6. The van der Waals surface area contributed by atoms with Crippen LogP contribution < -0.4 is 10.0 Å². The Morgan fingerprint density at radius 3 is 2.28 bits per heavy atom. The van der Waals surface area contributed by atoms with Gasteiger partial charge in [-0.15, -0.1) is 0 Å². The molecule has 0 fully saturated rings. The Kier molecular flexibility index (Phi) is 5.98. The third-order valence-corrected chi connectivity index (χ3v) is 5.63. The molecule has 1 atom stereocenters. The summed E-state index contributed by atoms with van der Waals surface area (Å²) in [6, 6.07) is 11.6. The van der Waals surface area contributed by atoms with Crippen LogP contribution in [-0.4, -0.2) is 20.4 Å². The first-order chi connectivity index (χ1) is 11.7. The summed E-state index contributed by atoms with van der Waals surface area (Å²) in [6.45, 7) is 7.64. The average Bonchev–Trinajstić information content (AvgIpc) is 2.57. The maximum atomic E-state index is 12.4. The van der Waals surface area contributed by atoms with E-state index in [1.165, 1.54) is 24.3 Å². The van der Waals surface area contributed by atoms with Crippen LogP contribution in [0.25, 0.3) is 0 Å². The van der Waals surface area contributed by atoms with Crippen LogP contribution in [0.5, 0.6) is 0 Å². The number of sulfonamides is 1. The molecule has 1 amide bonds. The zero-order valence-corrected chi connectivity index (χ0v) is 15.8. The number of hydrogen-bond acceptors (Lipinski definition) is 3. The van der Waals surface area contributed by atoms with Gasteiger partial charge in [-0.25, -0.2) is 13.1 Å². The molecule has 2 aromatic carbocycles. The highest BCUT2D eigenvalue weighted by Gasteiger charge is 2.17. The van der Waals surface area contributed by atoms with Gasteiger partial charge in [0.25, 0.3) is 5.91 Å². The average molecular weight is 360 g/mol. The summed E-state index contributed by atoms with van der Waals surface area (Å²) in [6.07, 6.45) is 0.704. The van der Waals surface area contributed by atoms with E-state index in [4.69, 9.17) is 0 Å². The second kappa shape index (κ2) is 7.80. The van der Waals surface area contributed by atoms with Crippen molar-refractivity contribution in [2.24, 2.45) is 0 Å². The first-order valence-corrected chi connectivity index (χ1v) is 9.72. The molecule has 0 bridgehead atoms.